The molecule has 0 bridgehead atoms. The highest BCUT2D eigenvalue weighted by molar-refractivity contribution is 5.89. The summed E-state index contributed by atoms with van der Waals surface area (Å²) in [4.78, 5) is 15.5. The average molecular weight is 597 g/mol. The Bertz CT molecular complexity index is 1800. The van der Waals surface area contributed by atoms with Crippen molar-refractivity contribution in [2.45, 2.75) is 59.0 Å². The molecule has 0 aliphatic carbocycles. The van der Waals surface area contributed by atoms with Crippen molar-refractivity contribution in [3.05, 3.63) is 95.1 Å². The van der Waals surface area contributed by atoms with Crippen LogP contribution in [0.25, 0.3) is 16.7 Å². The first-order valence-corrected chi connectivity index (χ1v) is 14.9. The van der Waals surface area contributed by atoms with Gasteiger partial charge in [0, 0.05) is 41.6 Å². The number of hydrogen-bond acceptors (Lipinski definition) is 6. The second-order valence-corrected chi connectivity index (χ2v) is 12.3. The van der Waals surface area contributed by atoms with Gasteiger partial charge < -0.3 is 14.6 Å². The van der Waals surface area contributed by atoms with Crippen LogP contribution in [0.4, 0.5) is 15.0 Å². The van der Waals surface area contributed by atoms with Gasteiger partial charge in [-0.05, 0) is 74.8 Å². The van der Waals surface area contributed by atoms with E-state index in [4.69, 9.17) is 14.4 Å². The Labute approximate surface area is 256 Å². The number of halogens is 1. The van der Waals surface area contributed by atoms with Gasteiger partial charge in [-0.25, -0.2) is 13.9 Å². The number of para-hydroxylation sites is 1. The minimum Gasteiger partial charge on any atom is -0.457 e. The van der Waals surface area contributed by atoms with E-state index < -0.39 is 11.8 Å². The van der Waals surface area contributed by atoms with Crippen molar-refractivity contribution < 1.29 is 18.4 Å². The molecule has 9 nitrogen and oxygen atoms in total. The van der Waals surface area contributed by atoms with Crippen LogP contribution in [0.3, 0.4) is 0 Å². The SMILES string of the molecule is Cc1ccccc1-n1nc(C(C)(C)C)cc1NC(=O)NCc1cc(F)ccc1Oc1ccc2c(CN3CCCC3)noc2c1. The van der Waals surface area contributed by atoms with E-state index in [0.29, 0.717) is 28.5 Å². The van der Waals surface area contributed by atoms with Crippen molar-refractivity contribution in [2.24, 2.45) is 0 Å². The maximum Gasteiger partial charge on any atom is 0.320 e. The van der Waals surface area contributed by atoms with Gasteiger partial charge in [-0.3, -0.25) is 10.2 Å². The van der Waals surface area contributed by atoms with Gasteiger partial charge in [0.1, 0.15) is 28.8 Å². The molecule has 1 aliphatic heterocycles. The number of carbonyl (C=O) groups is 1. The average Bonchev–Trinajstić information content (AvgIpc) is 3.74. The van der Waals surface area contributed by atoms with Crippen LogP contribution in [-0.2, 0) is 18.5 Å². The number of carbonyl (C=O) groups excluding carboxylic acids is 1. The maximum absolute atomic E-state index is 14.3. The van der Waals surface area contributed by atoms with E-state index >= 15 is 0 Å². The number of nitrogens with zero attached hydrogens (tertiary/aromatic N) is 4. The Morgan fingerprint density at radius 2 is 1.84 bits per heavy atom. The Morgan fingerprint density at radius 1 is 1.05 bits per heavy atom. The summed E-state index contributed by atoms with van der Waals surface area (Å²) >= 11 is 0. The summed E-state index contributed by atoms with van der Waals surface area (Å²) in [7, 11) is 0. The predicted molar refractivity (Wildman–Crippen MR) is 168 cm³/mol. The third kappa shape index (κ3) is 6.45. The lowest BCUT2D eigenvalue weighted by molar-refractivity contribution is 0.251. The van der Waals surface area contributed by atoms with Crippen molar-refractivity contribution in [1.29, 1.82) is 0 Å². The first-order chi connectivity index (χ1) is 21.1. The molecule has 0 radical (unpaired) electrons. The Hall–Kier alpha value is -4.70. The van der Waals surface area contributed by atoms with Crippen molar-refractivity contribution in [2.75, 3.05) is 18.4 Å². The molecule has 3 aromatic carbocycles. The third-order valence-corrected chi connectivity index (χ3v) is 7.84. The van der Waals surface area contributed by atoms with E-state index in [1.807, 2.05) is 49.4 Å². The van der Waals surface area contributed by atoms with Gasteiger partial charge in [-0.15, -0.1) is 0 Å². The first-order valence-electron chi connectivity index (χ1n) is 14.9. The summed E-state index contributed by atoms with van der Waals surface area (Å²) in [5.74, 6) is 1.04. The molecule has 2 aromatic heterocycles. The smallest absolute Gasteiger partial charge is 0.320 e. The summed E-state index contributed by atoms with van der Waals surface area (Å²) in [6, 6.07) is 19.1. The summed E-state index contributed by atoms with van der Waals surface area (Å²) < 4.78 is 27.8. The molecule has 6 rings (SSSR count). The number of nitrogens with one attached hydrogen (secondary N) is 2. The Balaban J connectivity index is 1.17. The fourth-order valence-corrected chi connectivity index (χ4v) is 5.37. The number of hydrogen-bond donors (Lipinski definition) is 2. The second-order valence-electron chi connectivity index (χ2n) is 12.3. The quantitative estimate of drug-likeness (QED) is 0.193. The number of anilines is 1. The van der Waals surface area contributed by atoms with Crippen molar-refractivity contribution in [3.8, 4) is 17.2 Å². The minimum absolute atomic E-state index is 0.0358. The number of rotatable bonds is 8. The number of aromatic nitrogens is 3. The molecule has 0 spiro atoms. The van der Waals surface area contributed by atoms with Crippen LogP contribution >= 0.6 is 0 Å². The molecule has 0 unspecified atom stereocenters. The van der Waals surface area contributed by atoms with Crippen molar-refractivity contribution >= 4 is 22.8 Å². The molecule has 10 heteroatoms. The van der Waals surface area contributed by atoms with Gasteiger partial charge >= 0.3 is 6.03 Å². The molecule has 1 fully saturated rings. The molecule has 5 aromatic rings. The van der Waals surface area contributed by atoms with Crippen LogP contribution in [0.15, 0.2) is 71.3 Å². The third-order valence-electron chi connectivity index (χ3n) is 7.84. The van der Waals surface area contributed by atoms with Gasteiger partial charge in [0.25, 0.3) is 0 Å². The second kappa shape index (κ2) is 12.1. The summed E-state index contributed by atoms with van der Waals surface area (Å²) in [5, 5.41) is 15.8. The van der Waals surface area contributed by atoms with Crippen LogP contribution in [0.2, 0.25) is 0 Å². The highest BCUT2D eigenvalue weighted by Crippen LogP contribution is 2.31. The zero-order valence-corrected chi connectivity index (χ0v) is 25.5. The fourth-order valence-electron chi connectivity index (χ4n) is 5.37. The van der Waals surface area contributed by atoms with E-state index in [2.05, 4.69) is 41.5 Å². The molecule has 2 amide bonds. The summed E-state index contributed by atoms with van der Waals surface area (Å²) in [6.45, 7) is 11.1. The van der Waals surface area contributed by atoms with Crippen LogP contribution in [0, 0.1) is 12.7 Å². The number of benzene rings is 3. The summed E-state index contributed by atoms with van der Waals surface area (Å²) in [6.07, 6.45) is 2.42. The van der Waals surface area contributed by atoms with E-state index in [0.717, 1.165) is 47.7 Å². The molecule has 0 atom stereocenters. The lowest BCUT2D eigenvalue weighted by Crippen LogP contribution is -2.29. The molecule has 3 heterocycles. The summed E-state index contributed by atoms with van der Waals surface area (Å²) in [5.41, 5.74) is 4.51. The van der Waals surface area contributed by atoms with E-state index in [1.54, 1.807) is 16.8 Å². The van der Waals surface area contributed by atoms with Gasteiger partial charge in [-0.2, -0.15) is 5.10 Å². The van der Waals surface area contributed by atoms with E-state index in [9.17, 15) is 9.18 Å². The first kappa shape index (κ1) is 29.4. The topological polar surface area (TPSA) is 97.5 Å². The minimum atomic E-state index is -0.455. The van der Waals surface area contributed by atoms with Gasteiger partial charge in [0.15, 0.2) is 5.58 Å². The lowest BCUT2D eigenvalue weighted by atomic mass is 9.92. The molecule has 44 heavy (non-hydrogen) atoms. The highest BCUT2D eigenvalue weighted by atomic mass is 19.1. The molecule has 1 aliphatic rings. The van der Waals surface area contributed by atoms with Crippen LogP contribution in [-0.4, -0.2) is 39.0 Å². The maximum atomic E-state index is 14.3. The van der Waals surface area contributed by atoms with Crippen LogP contribution in [0.5, 0.6) is 11.5 Å². The van der Waals surface area contributed by atoms with Crippen molar-refractivity contribution in [3.63, 3.8) is 0 Å². The molecule has 1 saturated heterocycles. The van der Waals surface area contributed by atoms with E-state index in [1.165, 1.54) is 25.0 Å². The Kier molecular flexibility index (Phi) is 8.09. The van der Waals surface area contributed by atoms with Gasteiger partial charge in [-0.1, -0.05) is 44.1 Å². The predicted octanol–water partition coefficient (Wildman–Crippen LogP) is 7.47. The monoisotopic (exact) mass is 596 g/mol. The zero-order chi connectivity index (χ0) is 30.8. The molecule has 2 N–H and O–H groups in total. The number of urea groups is 1. The highest BCUT2D eigenvalue weighted by Gasteiger charge is 2.22. The zero-order valence-electron chi connectivity index (χ0n) is 25.5. The number of likely N-dealkylation sites (tertiary alicyclic amines) is 1. The molecule has 0 saturated carbocycles. The Morgan fingerprint density at radius 3 is 2.61 bits per heavy atom. The van der Waals surface area contributed by atoms with Gasteiger partial charge in [0.05, 0.1) is 11.4 Å². The largest absolute Gasteiger partial charge is 0.457 e. The molecular formula is C34H37FN6O3. The van der Waals surface area contributed by atoms with Crippen molar-refractivity contribution in [1.82, 2.24) is 25.2 Å². The fraction of sp³-hybridized carbons (Fsp3) is 0.324. The normalized spacial score (nSPS) is 13.8. The van der Waals surface area contributed by atoms with Gasteiger partial charge in [0.2, 0.25) is 0 Å². The van der Waals surface area contributed by atoms with E-state index in [-0.39, 0.29) is 12.0 Å². The standard InChI is InChI=1S/C34H37FN6O3/c1-22-9-5-6-10-28(22)41-32(19-31(38-41)34(2,3)4)37-33(42)36-20-23-17-24(35)11-14-29(23)43-25-12-13-26-27(39-44-30(26)18-25)21-40-15-7-8-16-40/h5-6,9-14,17-19H,7-8,15-16,20-21H2,1-4H3,(H2,36,37,42). The number of amides is 2. The molecule has 228 valence electrons. The van der Waals surface area contributed by atoms with Crippen LogP contribution in [0.1, 0.15) is 56.1 Å². The number of ether oxygens (including phenoxy) is 1. The van der Waals surface area contributed by atoms with Crippen LogP contribution < -0.4 is 15.4 Å². The number of aryl methyl sites for hydroxylation is 1. The molecular weight excluding hydrogens is 559 g/mol. The number of fused-ring (bicyclic) bond motifs is 1. The lowest BCUT2D eigenvalue weighted by Gasteiger charge is -2.14.